The molecule has 0 fully saturated rings. The Labute approximate surface area is 135 Å². The van der Waals surface area contributed by atoms with E-state index in [2.05, 4.69) is 47.4 Å². The van der Waals surface area contributed by atoms with Gasteiger partial charge < -0.3 is 9.72 Å². The molecular weight excluding hydrogens is 348 g/mol. The molecule has 0 aromatic carbocycles. The molecule has 7 nitrogen and oxygen atoms in total. The fraction of sp³-hybridized carbons (Fsp3) is 0.357. The van der Waals surface area contributed by atoms with E-state index >= 15 is 0 Å². The van der Waals surface area contributed by atoms with Crippen LogP contribution in [0.4, 0.5) is 5.82 Å². The van der Waals surface area contributed by atoms with E-state index in [-0.39, 0.29) is 5.91 Å². The van der Waals surface area contributed by atoms with Crippen molar-refractivity contribution >= 4 is 33.3 Å². The minimum Gasteiger partial charge on any atom is -0.309 e. The minimum atomic E-state index is -0.433. The molecule has 0 radical (unpaired) electrons. The Morgan fingerprint density at radius 1 is 1.41 bits per heavy atom. The second kappa shape index (κ2) is 5.85. The number of imidazole rings is 1. The van der Waals surface area contributed by atoms with Crippen LogP contribution in [-0.4, -0.2) is 25.9 Å². The molecule has 2 aromatic rings. The van der Waals surface area contributed by atoms with E-state index in [1.807, 2.05) is 0 Å². The molecule has 1 aliphatic heterocycles. The molecule has 3 heterocycles. The quantitative estimate of drug-likeness (QED) is 0.803. The summed E-state index contributed by atoms with van der Waals surface area (Å²) in [5.41, 5.74) is 0.230. The van der Waals surface area contributed by atoms with Crippen LogP contribution in [0.2, 0.25) is 0 Å². The number of carbonyl (C=O) groups excluding carboxylic acids is 1. The van der Waals surface area contributed by atoms with Crippen molar-refractivity contribution in [3.05, 3.63) is 23.2 Å². The van der Waals surface area contributed by atoms with Crippen LogP contribution in [0.1, 0.15) is 25.7 Å². The number of anilines is 1. The molecule has 1 aliphatic rings. The second-order valence-electron chi connectivity index (χ2n) is 5.04. The van der Waals surface area contributed by atoms with E-state index in [0.29, 0.717) is 41.8 Å². The highest BCUT2D eigenvalue weighted by atomic mass is 79.9. The Balaban J connectivity index is 1.56. The largest absolute Gasteiger partial charge is 0.309 e. The molecule has 0 atom stereocenters. The number of carbonyl (C=O) groups is 1. The van der Waals surface area contributed by atoms with Crippen LogP contribution >= 0.6 is 15.9 Å². The number of terminal acetylenes is 1. The van der Waals surface area contributed by atoms with Crippen molar-refractivity contribution in [2.45, 2.75) is 31.3 Å². The average Bonchev–Trinajstić information content (AvgIpc) is 3.16. The second-order valence-corrected chi connectivity index (χ2v) is 5.85. The summed E-state index contributed by atoms with van der Waals surface area (Å²) in [6, 6.07) is 0. The third-order valence-electron chi connectivity index (χ3n) is 3.38. The highest BCUT2D eigenvalue weighted by molar-refractivity contribution is 9.10. The molecule has 0 saturated carbocycles. The maximum Gasteiger partial charge on any atom is 0.225 e. The van der Waals surface area contributed by atoms with E-state index < -0.39 is 5.66 Å². The van der Waals surface area contributed by atoms with Crippen molar-refractivity contribution in [3.63, 3.8) is 0 Å². The highest BCUT2D eigenvalue weighted by Gasteiger charge is 2.39. The standard InChI is InChI=1S/C14H13BrN6O/c1-2-3-5-14(19-20-14)6-4-13(22)18-11-9-21-8-10(15)16-7-12(21)17-11/h1,7-9H,3-6H2,(H,18,22). The molecule has 0 spiro atoms. The zero-order valence-electron chi connectivity index (χ0n) is 11.7. The highest BCUT2D eigenvalue weighted by Crippen LogP contribution is 2.37. The average molecular weight is 361 g/mol. The topological polar surface area (TPSA) is 84.0 Å². The summed E-state index contributed by atoms with van der Waals surface area (Å²) in [5.74, 6) is 2.94. The summed E-state index contributed by atoms with van der Waals surface area (Å²) in [6.07, 6.45) is 12.6. The molecule has 0 unspecified atom stereocenters. The first-order valence-electron chi connectivity index (χ1n) is 6.78. The lowest BCUT2D eigenvalue weighted by Gasteiger charge is -2.07. The van der Waals surface area contributed by atoms with Gasteiger partial charge in [-0.2, -0.15) is 10.2 Å². The summed E-state index contributed by atoms with van der Waals surface area (Å²) in [5, 5.41) is 10.8. The maximum absolute atomic E-state index is 12.0. The van der Waals surface area contributed by atoms with Gasteiger partial charge in [0.15, 0.2) is 17.1 Å². The molecule has 22 heavy (non-hydrogen) atoms. The molecule has 0 saturated heterocycles. The van der Waals surface area contributed by atoms with Crippen LogP contribution in [0.25, 0.3) is 5.65 Å². The summed E-state index contributed by atoms with van der Waals surface area (Å²) in [7, 11) is 0. The normalized spacial score (nSPS) is 14.7. The SMILES string of the molecule is C#CCCC1(CCC(=O)Nc2cn3cc(Br)ncc3n2)N=N1. The zero-order chi connectivity index (χ0) is 15.6. The van der Waals surface area contributed by atoms with Gasteiger partial charge in [0, 0.05) is 31.9 Å². The van der Waals surface area contributed by atoms with Gasteiger partial charge in [0.1, 0.15) is 4.60 Å². The van der Waals surface area contributed by atoms with Crippen molar-refractivity contribution in [3.8, 4) is 12.3 Å². The summed E-state index contributed by atoms with van der Waals surface area (Å²) >= 11 is 3.28. The Kier molecular flexibility index (Phi) is 3.90. The first kappa shape index (κ1) is 14.7. The van der Waals surface area contributed by atoms with Gasteiger partial charge in [-0.25, -0.2) is 9.97 Å². The number of rotatable bonds is 6. The van der Waals surface area contributed by atoms with Crippen LogP contribution in [-0.2, 0) is 4.79 Å². The van der Waals surface area contributed by atoms with Crippen molar-refractivity contribution < 1.29 is 4.79 Å². The minimum absolute atomic E-state index is 0.118. The molecule has 3 rings (SSSR count). The first-order valence-corrected chi connectivity index (χ1v) is 7.57. The number of nitrogens with zero attached hydrogens (tertiary/aromatic N) is 5. The Morgan fingerprint density at radius 3 is 2.95 bits per heavy atom. The van der Waals surface area contributed by atoms with Gasteiger partial charge in [-0.15, -0.1) is 12.3 Å². The van der Waals surface area contributed by atoms with Gasteiger partial charge in [-0.3, -0.25) is 4.79 Å². The lowest BCUT2D eigenvalue weighted by atomic mass is 10.0. The number of fused-ring (bicyclic) bond motifs is 1. The van der Waals surface area contributed by atoms with Gasteiger partial charge in [-0.1, -0.05) is 0 Å². The van der Waals surface area contributed by atoms with Crippen LogP contribution in [0, 0.1) is 12.3 Å². The van der Waals surface area contributed by atoms with E-state index in [1.54, 1.807) is 23.0 Å². The van der Waals surface area contributed by atoms with Crippen molar-refractivity contribution in [2.75, 3.05) is 5.32 Å². The van der Waals surface area contributed by atoms with Crippen molar-refractivity contribution in [1.82, 2.24) is 14.4 Å². The maximum atomic E-state index is 12.0. The number of aromatic nitrogens is 3. The first-order chi connectivity index (χ1) is 10.6. The summed E-state index contributed by atoms with van der Waals surface area (Å²) in [6.45, 7) is 0. The molecule has 0 bridgehead atoms. The van der Waals surface area contributed by atoms with Gasteiger partial charge in [-0.05, 0) is 15.9 Å². The van der Waals surface area contributed by atoms with Crippen LogP contribution < -0.4 is 5.32 Å². The number of hydrogen-bond acceptors (Lipinski definition) is 5. The Hall–Kier alpha value is -2.27. The van der Waals surface area contributed by atoms with Gasteiger partial charge in [0.25, 0.3) is 0 Å². The Bertz CT molecular complexity index is 784. The number of nitrogens with one attached hydrogen (secondary N) is 1. The molecule has 8 heteroatoms. The predicted octanol–water partition coefficient (Wildman–Crippen LogP) is 2.79. The molecule has 1 amide bonds. The molecule has 112 valence electrons. The predicted molar refractivity (Wildman–Crippen MR) is 84.2 cm³/mol. The summed E-state index contributed by atoms with van der Waals surface area (Å²) in [4.78, 5) is 20.4. The fourth-order valence-corrected chi connectivity index (χ4v) is 2.44. The van der Waals surface area contributed by atoms with Crippen LogP contribution in [0.15, 0.2) is 33.4 Å². The van der Waals surface area contributed by atoms with E-state index in [0.717, 1.165) is 0 Å². The smallest absolute Gasteiger partial charge is 0.225 e. The molecule has 1 N–H and O–H groups in total. The molecular formula is C14H13BrN6O. The van der Waals surface area contributed by atoms with E-state index in [1.165, 1.54) is 0 Å². The zero-order valence-corrected chi connectivity index (χ0v) is 13.2. The molecule has 0 aliphatic carbocycles. The van der Waals surface area contributed by atoms with E-state index in [4.69, 9.17) is 6.42 Å². The Morgan fingerprint density at radius 2 is 2.23 bits per heavy atom. The number of amides is 1. The third kappa shape index (κ3) is 3.31. The lowest BCUT2D eigenvalue weighted by Crippen LogP contribution is -2.17. The van der Waals surface area contributed by atoms with Gasteiger partial charge in [0.05, 0.1) is 12.4 Å². The monoisotopic (exact) mass is 360 g/mol. The van der Waals surface area contributed by atoms with Crippen LogP contribution in [0.5, 0.6) is 0 Å². The third-order valence-corrected chi connectivity index (χ3v) is 3.79. The van der Waals surface area contributed by atoms with Gasteiger partial charge in [0.2, 0.25) is 5.91 Å². The van der Waals surface area contributed by atoms with Crippen molar-refractivity contribution in [1.29, 1.82) is 0 Å². The lowest BCUT2D eigenvalue weighted by molar-refractivity contribution is -0.116. The fourth-order valence-electron chi connectivity index (χ4n) is 2.12. The van der Waals surface area contributed by atoms with Crippen LogP contribution in [0.3, 0.4) is 0 Å². The number of hydrogen-bond donors (Lipinski definition) is 1. The van der Waals surface area contributed by atoms with E-state index in [9.17, 15) is 4.79 Å². The number of halogens is 1. The summed E-state index contributed by atoms with van der Waals surface area (Å²) < 4.78 is 2.48. The van der Waals surface area contributed by atoms with Crippen molar-refractivity contribution in [2.24, 2.45) is 10.2 Å². The molecule has 2 aromatic heterocycles. The van der Waals surface area contributed by atoms with Gasteiger partial charge >= 0.3 is 0 Å².